The average Bonchev–Trinajstić information content (AvgIpc) is 2.48. The third-order valence-electron chi connectivity index (χ3n) is 2.76. The predicted molar refractivity (Wildman–Crippen MR) is 84.6 cm³/mol. The topological polar surface area (TPSA) is 66.4 Å². The van der Waals surface area contributed by atoms with E-state index in [-0.39, 0.29) is 11.3 Å². The second-order valence-electron chi connectivity index (χ2n) is 4.20. The summed E-state index contributed by atoms with van der Waals surface area (Å²) in [6.45, 7) is 0. The number of para-hydroxylation sites is 1. The summed E-state index contributed by atoms with van der Waals surface area (Å²) >= 11 is 3.30. The van der Waals surface area contributed by atoms with Crippen molar-refractivity contribution in [2.75, 3.05) is 5.32 Å². The third kappa shape index (κ3) is 4.03. The van der Waals surface area contributed by atoms with Gasteiger partial charge in [0.25, 0.3) is 0 Å². The average molecular weight is 346 g/mol. The summed E-state index contributed by atoms with van der Waals surface area (Å²) in [7, 11) is 0. The molecule has 0 fully saturated rings. The van der Waals surface area contributed by atoms with E-state index in [9.17, 15) is 9.59 Å². The number of nitrogens with one attached hydrogen (secondary N) is 1. The molecular weight excluding hydrogens is 334 g/mol. The second-order valence-corrected chi connectivity index (χ2v) is 5.12. The Balaban J connectivity index is 2.07. The van der Waals surface area contributed by atoms with Gasteiger partial charge in [0, 0.05) is 22.3 Å². The molecule has 0 saturated heterocycles. The van der Waals surface area contributed by atoms with Crippen LogP contribution in [-0.4, -0.2) is 16.9 Å². The number of aromatic carboxylic acids is 1. The van der Waals surface area contributed by atoms with Gasteiger partial charge in [-0.25, -0.2) is 4.79 Å². The van der Waals surface area contributed by atoms with Crippen LogP contribution in [-0.2, 0) is 0 Å². The number of hydrogen-bond acceptors (Lipinski definition) is 3. The lowest BCUT2D eigenvalue weighted by atomic mass is 10.1. The number of halogens is 1. The Bertz CT molecular complexity index is 693. The van der Waals surface area contributed by atoms with E-state index in [2.05, 4.69) is 21.2 Å². The van der Waals surface area contributed by atoms with Gasteiger partial charge in [0.1, 0.15) is 0 Å². The molecule has 2 aromatic rings. The smallest absolute Gasteiger partial charge is 0.337 e. The van der Waals surface area contributed by atoms with Crippen LogP contribution in [0.15, 0.2) is 65.3 Å². The largest absolute Gasteiger partial charge is 0.478 e. The molecule has 0 aliphatic carbocycles. The first-order chi connectivity index (χ1) is 10.1. The molecule has 0 heterocycles. The molecule has 0 aliphatic heterocycles. The summed E-state index contributed by atoms with van der Waals surface area (Å²) in [4.78, 5) is 22.9. The maximum atomic E-state index is 11.9. The van der Waals surface area contributed by atoms with Crippen molar-refractivity contribution in [2.24, 2.45) is 0 Å². The Labute approximate surface area is 130 Å². The van der Waals surface area contributed by atoms with Crippen molar-refractivity contribution in [3.63, 3.8) is 0 Å². The normalized spacial score (nSPS) is 10.5. The minimum atomic E-state index is -1.02. The summed E-state index contributed by atoms with van der Waals surface area (Å²) in [5.74, 6) is -1.19. The van der Waals surface area contributed by atoms with E-state index in [1.165, 1.54) is 18.3 Å². The highest BCUT2D eigenvalue weighted by Crippen LogP contribution is 2.15. The van der Waals surface area contributed by atoms with E-state index in [4.69, 9.17) is 5.11 Å². The molecule has 4 nitrogen and oxygen atoms in total. The first-order valence-corrected chi connectivity index (χ1v) is 6.92. The van der Waals surface area contributed by atoms with Crippen LogP contribution in [0.1, 0.15) is 20.7 Å². The molecule has 0 spiro atoms. The highest BCUT2D eigenvalue weighted by Gasteiger charge is 2.07. The van der Waals surface area contributed by atoms with Crippen LogP contribution >= 0.6 is 15.9 Å². The van der Waals surface area contributed by atoms with Crippen LogP contribution in [0.5, 0.6) is 0 Å². The molecule has 21 heavy (non-hydrogen) atoms. The summed E-state index contributed by atoms with van der Waals surface area (Å²) in [5, 5.41) is 11.9. The van der Waals surface area contributed by atoms with Crippen LogP contribution in [0.25, 0.3) is 0 Å². The lowest BCUT2D eigenvalue weighted by molar-refractivity contribution is 0.0698. The van der Waals surface area contributed by atoms with Crippen LogP contribution < -0.4 is 5.32 Å². The molecule has 106 valence electrons. The van der Waals surface area contributed by atoms with Gasteiger partial charge < -0.3 is 10.4 Å². The molecule has 0 aliphatic rings. The highest BCUT2D eigenvalue weighted by molar-refractivity contribution is 9.10. The molecule has 0 unspecified atom stereocenters. The molecule has 2 aromatic carbocycles. The quantitative estimate of drug-likeness (QED) is 0.635. The number of carboxylic acid groups (broad SMARTS) is 1. The van der Waals surface area contributed by atoms with E-state index < -0.39 is 5.97 Å². The molecule has 5 heteroatoms. The van der Waals surface area contributed by atoms with Crippen molar-refractivity contribution < 1.29 is 14.7 Å². The number of hydrogen-bond donors (Lipinski definition) is 2. The van der Waals surface area contributed by atoms with Crippen molar-refractivity contribution in [3.05, 3.63) is 76.4 Å². The Morgan fingerprint density at radius 3 is 2.38 bits per heavy atom. The zero-order valence-electron chi connectivity index (χ0n) is 10.9. The van der Waals surface area contributed by atoms with Crippen molar-refractivity contribution in [2.45, 2.75) is 0 Å². The van der Waals surface area contributed by atoms with Crippen LogP contribution in [0.4, 0.5) is 5.69 Å². The fourth-order valence-electron chi connectivity index (χ4n) is 1.71. The first-order valence-electron chi connectivity index (χ1n) is 6.13. The van der Waals surface area contributed by atoms with E-state index in [1.54, 1.807) is 42.5 Å². The van der Waals surface area contributed by atoms with Crippen LogP contribution in [0.2, 0.25) is 0 Å². The fraction of sp³-hybridized carbons (Fsp3) is 0. The number of benzene rings is 2. The predicted octanol–water partition coefficient (Wildman–Crippen LogP) is 3.96. The van der Waals surface area contributed by atoms with E-state index >= 15 is 0 Å². The van der Waals surface area contributed by atoms with Crippen molar-refractivity contribution >= 4 is 33.4 Å². The Kier molecular flexibility index (Phi) is 4.90. The van der Waals surface area contributed by atoms with Gasteiger partial charge in [0.05, 0.1) is 11.3 Å². The summed E-state index contributed by atoms with van der Waals surface area (Å²) < 4.78 is 0.900. The second kappa shape index (κ2) is 6.85. The van der Waals surface area contributed by atoms with Crippen molar-refractivity contribution in [3.8, 4) is 0 Å². The SMILES string of the molecule is O=C(C=CNc1ccccc1C(=O)O)c1ccc(Br)cc1. The standard InChI is InChI=1S/C16H12BrNO3/c17-12-7-5-11(6-8-12)15(19)9-10-18-14-4-2-1-3-13(14)16(20)21/h1-10,18H,(H,20,21). The number of rotatable bonds is 5. The van der Waals surface area contributed by atoms with Gasteiger partial charge in [-0.3, -0.25) is 4.79 Å². The van der Waals surface area contributed by atoms with Gasteiger partial charge in [0.15, 0.2) is 5.78 Å². The zero-order chi connectivity index (χ0) is 15.2. The number of carbonyl (C=O) groups excluding carboxylic acids is 1. The molecule has 0 aromatic heterocycles. The maximum Gasteiger partial charge on any atom is 0.337 e. The lowest BCUT2D eigenvalue weighted by Crippen LogP contribution is -2.02. The van der Waals surface area contributed by atoms with E-state index in [1.807, 2.05) is 0 Å². The van der Waals surface area contributed by atoms with Gasteiger partial charge in [-0.1, -0.05) is 28.1 Å². The Morgan fingerprint density at radius 2 is 1.71 bits per heavy atom. The third-order valence-corrected chi connectivity index (χ3v) is 3.29. The van der Waals surface area contributed by atoms with Gasteiger partial charge >= 0.3 is 5.97 Å². The van der Waals surface area contributed by atoms with Crippen molar-refractivity contribution in [1.29, 1.82) is 0 Å². The fourth-order valence-corrected chi connectivity index (χ4v) is 1.98. The zero-order valence-corrected chi connectivity index (χ0v) is 12.5. The highest BCUT2D eigenvalue weighted by atomic mass is 79.9. The van der Waals surface area contributed by atoms with Gasteiger partial charge in [-0.2, -0.15) is 0 Å². The summed E-state index contributed by atoms with van der Waals surface area (Å²) in [6.07, 6.45) is 2.80. The summed E-state index contributed by atoms with van der Waals surface area (Å²) in [6, 6.07) is 13.5. The minimum absolute atomic E-state index is 0.151. The van der Waals surface area contributed by atoms with Crippen LogP contribution in [0, 0.1) is 0 Å². The van der Waals surface area contributed by atoms with Gasteiger partial charge in [-0.05, 0) is 36.4 Å². The number of carbonyl (C=O) groups is 2. The molecule has 0 radical (unpaired) electrons. The molecule has 0 atom stereocenters. The molecule has 2 N–H and O–H groups in total. The lowest BCUT2D eigenvalue weighted by Gasteiger charge is -2.04. The molecule has 0 saturated carbocycles. The Hall–Kier alpha value is -2.40. The molecule has 0 amide bonds. The first kappa shape index (κ1) is 15.0. The summed E-state index contributed by atoms with van der Waals surface area (Å²) in [5.41, 5.74) is 1.14. The van der Waals surface area contributed by atoms with E-state index in [0.717, 1.165) is 4.47 Å². The monoisotopic (exact) mass is 345 g/mol. The van der Waals surface area contributed by atoms with Gasteiger partial charge in [-0.15, -0.1) is 0 Å². The Morgan fingerprint density at radius 1 is 1.05 bits per heavy atom. The molecular formula is C16H12BrNO3. The van der Waals surface area contributed by atoms with Crippen molar-refractivity contribution in [1.82, 2.24) is 0 Å². The van der Waals surface area contributed by atoms with Crippen LogP contribution in [0.3, 0.4) is 0 Å². The maximum absolute atomic E-state index is 11.9. The minimum Gasteiger partial charge on any atom is -0.478 e. The number of allylic oxidation sites excluding steroid dienone is 1. The van der Waals surface area contributed by atoms with E-state index in [0.29, 0.717) is 11.3 Å². The van der Waals surface area contributed by atoms with Gasteiger partial charge in [0.2, 0.25) is 0 Å². The number of carboxylic acids is 1. The number of anilines is 1. The molecule has 2 rings (SSSR count). The number of ketones is 1. The molecule has 0 bridgehead atoms.